The fourth-order valence-corrected chi connectivity index (χ4v) is 0.406. The summed E-state index contributed by atoms with van der Waals surface area (Å²) in [7, 11) is 0. The molecule has 4 nitrogen and oxygen atoms in total. The summed E-state index contributed by atoms with van der Waals surface area (Å²) >= 11 is 0. The molecule has 0 N–H and O–H groups in total. The molecule has 0 spiro atoms. The van der Waals surface area contributed by atoms with E-state index in [1.165, 1.54) is 0 Å². The van der Waals surface area contributed by atoms with Crippen molar-refractivity contribution in [2.45, 2.75) is 0 Å². The smallest absolute Gasteiger partial charge is 0.271 e. The Kier molecular flexibility index (Phi) is 0.643. The predicted molar refractivity (Wildman–Crippen MR) is 22.0 cm³/mol. The minimum atomic E-state index is -0.481. The number of rotatable bonds is 0. The fourth-order valence-electron chi connectivity index (χ4n) is 0.406. The Hall–Kier alpha value is -0.770. The van der Waals surface area contributed by atoms with Gasteiger partial charge in [-0.05, 0) is 0 Å². The molecular formula is C3H5N2O2. The van der Waals surface area contributed by atoms with Crippen LogP contribution in [0.5, 0.6) is 0 Å². The lowest BCUT2D eigenvalue weighted by Gasteiger charge is -1.94. The van der Waals surface area contributed by atoms with Crippen LogP contribution in [0.2, 0.25) is 0 Å². The van der Waals surface area contributed by atoms with E-state index in [2.05, 4.69) is 0 Å². The third-order valence-electron chi connectivity index (χ3n) is 0.729. The van der Waals surface area contributed by atoms with E-state index in [-0.39, 0.29) is 13.1 Å². The van der Waals surface area contributed by atoms with E-state index in [0.717, 1.165) is 0 Å². The van der Waals surface area contributed by atoms with Crippen LogP contribution in [0.1, 0.15) is 1.37 Å². The summed E-state index contributed by atoms with van der Waals surface area (Å²) in [4.78, 5) is 0. The molecule has 0 unspecified atom stereocenters. The summed E-state index contributed by atoms with van der Waals surface area (Å²) in [6.07, 6.45) is -0.481. The maximum Gasteiger partial charge on any atom is 0.271 e. The summed E-state index contributed by atoms with van der Waals surface area (Å²) in [5, 5.41) is 20.8. The molecule has 0 atom stereocenters. The third kappa shape index (κ3) is 0.806. The fraction of sp³-hybridized carbons (Fsp3) is 0.667. The second-order valence-corrected chi connectivity index (χ2v) is 1.30. The maximum absolute atomic E-state index is 10.2. The molecule has 1 radical (unpaired) electrons. The lowest BCUT2D eigenvalue weighted by Crippen LogP contribution is -2.10. The Labute approximate surface area is 42.2 Å². The lowest BCUT2D eigenvalue weighted by molar-refractivity contribution is -0.441. The van der Waals surface area contributed by atoms with Gasteiger partial charge in [-0.25, -0.2) is 0 Å². The van der Waals surface area contributed by atoms with Crippen molar-refractivity contribution in [1.29, 1.82) is 0 Å². The van der Waals surface area contributed by atoms with Gasteiger partial charge in [-0.1, -0.05) is 5.06 Å². The van der Waals surface area contributed by atoms with Gasteiger partial charge in [0, 0.05) is 5.21 Å². The summed E-state index contributed by atoms with van der Waals surface area (Å²) in [6.45, 7) is 0.255. The van der Waals surface area contributed by atoms with Gasteiger partial charge in [-0.2, -0.15) is 0 Å². The molecule has 0 aromatic heterocycles. The molecule has 0 saturated carbocycles. The van der Waals surface area contributed by atoms with Crippen molar-refractivity contribution in [2.24, 2.45) is 0 Å². The first-order chi connectivity index (χ1) is 3.72. The van der Waals surface area contributed by atoms with Crippen LogP contribution >= 0.6 is 0 Å². The van der Waals surface area contributed by atoms with Crippen LogP contribution in [0, 0.1) is 5.21 Å². The van der Waals surface area contributed by atoms with Crippen molar-refractivity contribution in [2.75, 3.05) is 13.1 Å². The number of amidine groups is 1. The molecule has 4 heteroatoms. The van der Waals surface area contributed by atoms with Crippen molar-refractivity contribution >= 4 is 6.31 Å². The summed E-state index contributed by atoms with van der Waals surface area (Å²) in [6, 6.07) is 0. The molecule has 0 amide bonds. The Morgan fingerprint density at radius 1 is 2.14 bits per heavy atom. The molecule has 0 aromatic carbocycles. The summed E-state index contributed by atoms with van der Waals surface area (Å²) < 4.78 is 7.06. The van der Waals surface area contributed by atoms with Crippen LogP contribution in [-0.2, 0) is 5.21 Å². The van der Waals surface area contributed by atoms with Gasteiger partial charge >= 0.3 is 0 Å². The number of hydroxylamine groups is 3. The number of nitrogens with zero attached hydrogens (tertiary/aromatic N) is 2. The van der Waals surface area contributed by atoms with Crippen molar-refractivity contribution in [3.8, 4) is 0 Å². The van der Waals surface area contributed by atoms with Crippen molar-refractivity contribution in [3.63, 3.8) is 0 Å². The monoisotopic (exact) mass is 102 g/mol. The second kappa shape index (κ2) is 1.38. The minimum Gasteiger partial charge on any atom is -0.715 e. The maximum atomic E-state index is 10.2. The summed E-state index contributed by atoms with van der Waals surface area (Å²) in [5.74, 6) is 0. The van der Waals surface area contributed by atoms with Gasteiger partial charge < -0.3 is 5.21 Å². The third-order valence-corrected chi connectivity index (χ3v) is 0.729. The van der Waals surface area contributed by atoms with Gasteiger partial charge in [0.25, 0.3) is 6.31 Å². The second-order valence-electron chi connectivity index (χ2n) is 1.30. The van der Waals surface area contributed by atoms with Gasteiger partial charge in [-0.3, -0.25) is 4.74 Å². The Morgan fingerprint density at radius 2 is 2.86 bits per heavy atom. The Balaban J connectivity index is 2.71. The van der Waals surface area contributed by atoms with Crippen LogP contribution < -0.4 is 0 Å². The average Bonchev–Trinajstić information content (AvgIpc) is 1.98. The molecule has 7 heavy (non-hydrogen) atoms. The summed E-state index contributed by atoms with van der Waals surface area (Å²) in [5.41, 5.74) is 0. The predicted octanol–water partition coefficient (Wildman–Crippen LogP) is -0.814. The molecule has 0 saturated heterocycles. The first-order valence-corrected chi connectivity index (χ1v) is 1.94. The zero-order chi connectivity index (χ0) is 6.15. The molecule has 1 rings (SSSR count). The molecular weight excluding hydrogens is 96.0 g/mol. The quantitative estimate of drug-likeness (QED) is 0.296. The molecule has 39 valence electrons. The van der Waals surface area contributed by atoms with Crippen LogP contribution in [0.25, 0.3) is 0 Å². The number of hydrogen-bond acceptors (Lipinski definition) is 2. The van der Waals surface area contributed by atoms with Gasteiger partial charge in [0.2, 0.25) is 0 Å². The highest BCUT2D eigenvalue weighted by atomic mass is 16.5. The average molecular weight is 102 g/mol. The van der Waals surface area contributed by atoms with Gasteiger partial charge in [-0.15, -0.1) is 0 Å². The SMILES string of the molecule is [2H]C1=[N+]([O-])CCN1[O]. The van der Waals surface area contributed by atoms with Gasteiger partial charge in [0.05, 0.1) is 0 Å². The molecule has 1 heterocycles. The molecule has 1 aliphatic heterocycles. The van der Waals surface area contributed by atoms with Crippen LogP contribution in [-0.4, -0.2) is 29.2 Å². The highest BCUT2D eigenvalue weighted by Crippen LogP contribution is 1.85. The zero-order valence-electron chi connectivity index (χ0n) is 4.63. The molecule has 0 bridgehead atoms. The number of hydrogen-bond donors (Lipinski definition) is 0. The molecule has 0 fully saturated rings. The van der Waals surface area contributed by atoms with Crippen molar-refractivity contribution in [3.05, 3.63) is 5.21 Å². The molecule has 0 aromatic rings. The molecule has 1 aliphatic rings. The van der Waals surface area contributed by atoms with E-state index in [1.54, 1.807) is 0 Å². The Bertz CT molecular complexity index is 135. The van der Waals surface area contributed by atoms with Gasteiger partial charge in [0.15, 0.2) is 7.92 Å². The topological polar surface area (TPSA) is 49.2 Å². The normalized spacial score (nSPS) is 23.6. The van der Waals surface area contributed by atoms with Gasteiger partial charge in [0.1, 0.15) is 6.54 Å². The van der Waals surface area contributed by atoms with E-state index in [0.29, 0.717) is 9.80 Å². The standard InChI is InChI=1S/C3H5N2O2/c6-4-1-2-5(7)3-4/h3H,1-2H2/i3D. The van der Waals surface area contributed by atoms with Crippen LogP contribution in [0.3, 0.4) is 0 Å². The van der Waals surface area contributed by atoms with Crippen molar-refractivity contribution < 1.29 is 11.3 Å². The van der Waals surface area contributed by atoms with Crippen LogP contribution in [0.4, 0.5) is 0 Å². The van der Waals surface area contributed by atoms with E-state index >= 15 is 0 Å². The van der Waals surface area contributed by atoms with E-state index in [4.69, 9.17) is 1.37 Å². The van der Waals surface area contributed by atoms with E-state index < -0.39 is 6.31 Å². The van der Waals surface area contributed by atoms with Crippen LogP contribution in [0.15, 0.2) is 0 Å². The lowest BCUT2D eigenvalue weighted by atomic mass is 10.7. The van der Waals surface area contributed by atoms with E-state index in [9.17, 15) is 10.4 Å². The van der Waals surface area contributed by atoms with E-state index in [1.807, 2.05) is 0 Å². The highest BCUT2D eigenvalue weighted by molar-refractivity contribution is 5.48. The highest BCUT2D eigenvalue weighted by Gasteiger charge is 2.12. The van der Waals surface area contributed by atoms with Crippen molar-refractivity contribution in [1.82, 2.24) is 5.06 Å². The minimum absolute atomic E-state index is 0.127. The largest absolute Gasteiger partial charge is 0.715 e. The first-order valence-electron chi connectivity index (χ1n) is 2.44. The first kappa shape index (κ1) is 3.26. The molecule has 0 aliphatic carbocycles. The Morgan fingerprint density at radius 3 is 3.00 bits per heavy atom. The zero-order valence-corrected chi connectivity index (χ0v) is 3.63.